The summed E-state index contributed by atoms with van der Waals surface area (Å²) in [5.41, 5.74) is 1.27. The van der Waals surface area contributed by atoms with E-state index < -0.39 is 0 Å². The van der Waals surface area contributed by atoms with Crippen molar-refractivity contribution < 1.29 is 4.79 Å². The molecule has 0 amide bonds. The SMILES string of the molecule is N=CC(=O)C1CC1Cc1ccc(Br)cc1. The van der Waals surface area contributed by atoms with Gasteiger partial charge in [0.05, 0.1) is 6.21 Å². The molecule has 2 unspecified atom stereocenters. The van der Waals surface area contributed by atoms with Gasteiger partial charge in [-0.25, -0.2) is 0 Å². The Morgan fingerprint density at radius 3 is 2.73 bits per heavy atom. The first kappa shape index (κ1) is 10.6. The molecule has 1 N–H and O–H groups in total. The van der Waals surface area contributed by atoms with E-state index in [1.54, 1.807) is 0 Å². The van der Waals surface area contributed by atoms with Crippen LogP contribution in [-0.4, -0.2) is 12.0 Å². The van der Waals surface area contributed by atoms with Crippen LogP contribution in [-0.2, 0) is 11.2 Å². The van der Waals surface area contributed by atoms with Crippen LogP contribution in [0.5, 0.6) is 0 Å². The zero-order chi connectivity index (χ0) is 10.8. The number of Topliss-reactive ketones (excluding diaryl/α,β-unsaturated/α-hetero) is 1. The van der Waals surface area contributed by atoms with Crippen LogP contribution >= 0.6 is 15.9 Å². The van der Waals surface area contributed by atoms with E-state index in [0.717, 1.165) is 23.5 Å². The number of hydrogen-bond donors (Lipinski definition) is 1. The van der Waals surface area contributed by atoms with Crippen molar-refractivity contribution in [1.29, 1.82) is 5.41 Å². The molecule has 1 aromatic carbocycles. The molecule has 1 saturated carbocycles. The first-order chi connectivity index (χ1) is 7.20. The Bertz CT molecular complexity index is 385. The van der Waals surface area contributed by atoms with Gasteiger partial charge in [-0.05, 0) is 36.5 Å². The van der Waals surface area contributed by atoms with E-state index in [2.05, 4.69) is 28.1 Å². The van der Waals surface area contributed by atoms with Crippen molar-refractivity contribution in [2.75, 3.05) is 0 Å². The average molecular weight is 266 g/mol. The number of rotatable bonds is 4. The maximum Gasteiger partial charge on any atom is 0.176 e. The standard InChI is InChI=1S/C12H12BrNO/c13-10-3-1-8(2-4-10)5-9-6-11(9)12(15)7-14/h1-4,7,9,11,14H,5-6H2. The molecule has 0 saturated heterocycles. The molecule has 1 fully saturated rings. The molecule has 78 valence electrons. The van der Waals surface area contributed by atoms with E-state index >= 15 is 0 Å². The third kappa shape index (κ3) is 2.53. The van der Waals surface area contributed by atoms with Gasteiger partial charge in [-0.1, -0.05) is 28.1 Å². The molecule has 2 rings (SSSR count). The van der Waals surface area contributed by atoms with Gasteiger partial charge in [-0.15, -0.1) is 0 Å². The van der Waals surface area contributed by atoms with Gasteiger partial charge in [0.1, 0.15) is 0 Å². The van der Waals surface area contributed by atoms with Gasteiger partial charge in [0.2, 0.25) is 0 Å². The summed E-state index contributed by atoms with van der Waals surface area (Å²) in [5.74, 6) is 0.559. The van der Waals surface area contributed by atoms with Crippen LogP contribution in [0.1, 0.15) is 12.0 Å². The lowest BCUT2D eigenvalue weighted by atomic mass is 10.1. The van der Waals surface area contributed by atoms with Crippen LogP contribution in [0.4, 0.5) is 0 Å². The third-order valence-corrected chi connectivity index (χ3v) is 3.37. The molecule has 0 bridgehead atoms. The summed E-state index contributed by atoms with van der Waals surface area (Å²) >= 11 is 3.39. The average Bonchev–Trinajstić information content (AvgIpc) is 3.00. The number of ketones is 1. The van der Waals surface area contributed by atoms with E-state index in [1.807, 2.05) is 12.1 Å². The van der Waals surface area contributed by atoms with Crippen molar-refractivity contribution in [3.05, 3.63) is 34.3 Å². The monoisotopic (exact) mass is 265 g/mol. The highest BCUT2D eigenvalue weighted by Crippen LogP contribution is 2.41. The van der Waals surface area contributed by atoms with Crippen LogP contribution in [0, 0.1) is 17.2 Å². The second kappa shape index (κ2) is 4.27. The molecule has 2 atom stereocenters. The first-order valence-electron chi connectivity index (χ1n) is 4.99. The van der Waals surface area contributed by atoms with Crippen molar-refractivity contribution in [2.45, 2.75) is 12.8 Å². The number of nitrogens with one attached hydrogen (secondary N) is 1. The predicted molar refractivity (Wildman–Crippen MR) is 63.2 cm³/mol. The van der Waals surface area contributed by atoms with Crippen LogP contribution in [0.25, 0.3) is 0 Å². The Kier molecular flexibility index (Phi) is 3.00. The molecular weight excluding hydrogens is 254 g/mol. The van der Waals surface area contributed by atoms with Crippen molar-refractivity contribution in [3.8, 4) is 0 Å². The fourth-order valence-electron chi connectivity index (χ4n) is 1.85. The number of carbonyl (C=O) groups excluding carboxylic acids is 1. The molecule has 2 nitrogen and oxygen atoms in total. The van der Waals surface area contributed by atoms with Gasteiger partial charge < -0.3 is 5.41 Å². The molecule has 1 aliphatic rings. The minimum atomic E-state index is -0.0166. The van der Waals surface area contributed by atoms with Crippen molar-refractivity contribution in [3.63, 3.8) is 0 Å². The Morgan fingerprint density at radius 2 is 2.13 bits per heavy atom. The van der Waals surface area contributed by atoms with Gasteiger partial charge in [-0.3, -0.25) is 4.79 Å². The summed E-state index contributed by atoms with van der Waals surface area (Å²) in [7, 11) is 0. The number of benzene rings is 1. The molecule has 3 heteroatoms. The fourth-order valence-corrected chi connectivity index (χ4v) is 2.12. The number of carbonyl (C=O) groups is 1. The van der Waals surface area contributed by atoms with Gasteiger partial charge >= 0.3 is 0 Å². The fraction of sp³-hybridized carbons (Fsp3) is 0.333. The summed E-state index contributed by atoms with van der Waals surface area (Å²) in [6.07, 6.45) is 2.86. The normalized spacial score (nSPS) is 23.5. The Labute approximate surface area is 97.3 Å². The number of hydrogen-bond acceptors (Lipinski definition) is 2. The summed E-state index contributed by atoms with van der Waals surface area (Å²) in [6, 6.07) is 8.19. The van der Waals surface area contributed by atoms with E-state index in [4.69, 9.17) is 5.41 Å². The van der Waals surface area contributed by atoms with Crippen LogP contribution in [0.2, 0.25) is 0 Å². The number of halogens is 1. The third-order valence-electron chi connectivity index (χ3n) is 2.84. The maximum absolute atomic E-state index is 11.2. The van der Waals surface area contributed by atoms with E-state index in [1.165, 1.54) is 5.56 Å². The summed E-state index contributed by atoms with van der Waals surface area (Å²) in [5, 5.41) is 6.90. The summed E-state index contributed by atoms with van der Waals surface area (Å²) in [4.78, 5) is 11.2. The molecule has 0 heterocycles. The van der Waals surface area contributed by atoms with Gasteiger partial charge in [0.15, 0.2) is 5.78 Å². The first-order valence-corrected chi connectivity index (χ1v) is 5.79. The summed E-state index contributed by atoms with van der Waals surface area (Å²) in [6.45, 7) is 0. The van der Waals surface area contributed by atoms with Gasteiger partial charge in [0, 0.05) is 10.4 Å². The van der Waals surface area contributed by atoms with Crippen molar-refractivity contribution in [1.82, 2.24) is 0 Å². The molecule has 15 heavy (non-hydrogen) atoms. The molecule has 0 spiro atoms. The van der Waals surface area contributed by atoms with Gasteiger partial charge in [-0.2, -0.15) is 0 Å². The molecule has 1 aliphatic carbocycles. The Hall–Kier alpha value is -0.960. The lowest BCUT2D eigenvalue weighted by Crippen LogP contribution is -2.03. The zero-order valence-corrected chi connectivity index (χ0v) is 9.83. The lowest BCUT2D eigenvalue weighted by molar-refractivity contribution is -0.113. The minimum Gasteiger partial charge on any atom is -0.305 e. The van der Waals surface area contributed by atoms with E-state index in [-0.39, 0.29) is 11.7 Å². The Morgan fingerprint density at radius 1 is 1.47 bits per heavy atom. The lowest BCUT2D eigenvalue weighted by Gasteiger charge is -1.99. The van der Waals surface area contributed by atoms with Gasteiger partial charge in [0.25, 0.3) is 0 Å². The molecule has 1 aromatic rings. The predicted octanol–water partition coefficient (Wildman–Crippen LogP) is 2.85. The Balaban J connectivity index is 1.92. The van der Waals surface area contributed by atoms with Crippen LogP contribution < -0.4 is 0 Å². The van der Waals surface area contributed by atoms with Crippen molar-refractivity contribution in [2.24, 2.45) is 11.8 Å². The molecular formula is C12H12BrNO. The second-order valence-electron chi connectivity index (χ2n) is 3.98. The zero-order valence-electron chi connectivity index (χ0n) is 8.24. The maximum atomic E-state index is 11.2. The molecule has 0 aromatic heterocycles. The van der Waals surface area contributed by atoms with E-state index in [9.17, 15) is 4.79 Å². The highest BCUT2D eigenvalue weighted by Gasteiger charge is 2.41. The largest absolute Gasteiger partial charge is 0.305 e. The van der Waals surface area contributed by atoms with Crippen molar-refractivity contribution >= 4 is 27.9 Å². The van der Waals surface area contributed by atoms with Crippen LogP contribution in [0.15, 0.2) is 28.7 Å². The minimum absolute atomic E-state index is 0.0166. The highest BCUT2D eigenvalue weighted by atomic mass is 79.9. The smallest absolute Gasteiger partial charge is 0.176 e. The topological polar surface area (TPSA) is 40.9 Å². The molecule has 0 radical (unpaired) electrons. The molecule has 0 aliphatic heterocycles. The quantitative estimate of drug-likeness (QED) is 0.836. The summed E-state index contributed by atoms with van der Waals surface area (Å²) < 4.78 is 1.08. The highest BCUT2D eigenvalue weighted by molar-refractivity contribution is 9.10. The van der Waals surface area contributed by atoms with E-state index in [0.29, 0.717) is 5.92 Å². The van der Waals surface area contributed by atoms with Crippen LogP contribution in [0.3, 0.4) is 0 Å². The second-order valence-corrected chi connectivity index (χ2v) is 4.90.